The van der Waals surface area contributed by atoms with Crippen molar-refractivity contribution < 1.29 is 24.9 Å². The van der Waals surface area contributed by atoms with E-state index in [0.717, 1.165) is 12.8 Å². The molecule has 0 aliphatic carbocycles. The Kier molecular flexibility index (Phi) is 13.0. The zero-order valence-electron chi connectivity index (χ0n) is 8.06. The minimum absolute atomic E-state index is 0.195. The molecule has 0 amide bonds. The van der Waals surface area contributed by atoms with Crippen molar-refractivity contribution in [2.24, 2.45) is 0 Å². The van der Waals surface area contributed by atoms with Crippen LogP contribution in [0.4, 0.5) is 0 Å². The van der Waals surface area contributed by atoms with Gasteiger partial charge in [0.25, 0.3) is 0 Å². The Bertz CT molecular complexity index is 111. The van der Waals surface area contributed by atoms with Crippen LogP contribution in [0.5, 0.6) is 0 Å². The number of rotatable bonds is 5. The van der Waals surface area contributed by atoms with E-state index in [1.807, 2.05) is 0 Å². The third-order valence-corrected chi connectivity index (χ3v) is 1.27. The average molecular weight is 194 g/mol. The lowest BCUT2D eigenvalue weighted by Crippen LogP contribution is -2.17. The number of methoxy groups -OCH3 is 1. The Labute approximate surface area is 78.0 Å². The SMILES string of the molecule is COC(C)C(=O)O.OCCCCO. The first-order valence-electron chi connectivity index (χ1n) is 4.07. The van der Waals surface area contributed by atoms with Crippen LogP contribution in [0.25, 0.3) is 0 Å². The van der Waals surface area contributed by atoms with Gasteiger partial charge in [0.15, 0.2) is 6.10 Å². The molecule has 80 valence electrons. The zero-order chi connectivity index (χ0) is 10.7. The van der Waals surface area contributed by atoms with Crippen LogP contribution >= 0.6 is 0 Å². The highest BCUT2D eigenvalue weighted by Crippen LogP contribution is 1.83. The Morgan fingerprint density at radius 3 is 1.77 bits per heavy atom. The minimum atomic E-state index is -0.928. The molecule has 5 nitrogen and oxygen atoms in total. The molecule has 1 atom stereocenters. The van der Waals surface area contributed by atoms with Gasteiger partial charge in [0, 0.05) is 20.3 Å². The molecule has 1 unspecified atom stereocenters. The van der Waals surface area contributed by atoms with E-state index in [-0.39, 0.29) is 13.2 Å². The van der Waals surface area contributed by atoms with Crippen molar-refractivity contribution >= 4 is 5.97 Å². The molecule has 0 aromatic carbocycles. The summed E-state index contributed by atoms with van der Waals surface area (Å²) in [6.45, 7) is 1.86. The van der Waals surface area contributed by atoms with Crippen molar-refractivity contribution in [1.82, 2.24) is 0 Å². The summed E-state index contributed by atoms with van der Waals surface area (Å²) in [6.07, 6.45) is 0.757. The van der Waals surface area contributed by atoms with E-state index in [1.54, 1.807) is 0 Å². The van der Waals surface area contributed by atoms with Crippen molar-refractivity contribution in [1.29, 1.82) is 0 Å². The Balaban J connectivity index is 0. The molecule has 0 aromatic rings. The van der Waals surface area contributed by atoms with Crippen LogP contribution in [-0.2, 0) is 9.53 Å². The summed E-state index contributed by atoms with van der Waals surface area (Å²) in [4.78, 5) is 9.81. The van der Waals surface area contributed by atoms with Crippen molar-refractivity contribution in [2.75, 3.05) is 20.3 Å². The fraction of sp³-hybridized carbons (Fsp3) is 0.875. The number of aliphatic hydroxyl groups is 2. The monoisotopic (exact) mass is 194 g/mol. The first-order valence-corrected chi connectivity index (χ1v) is 4.07. The predicted octanol–water partition coefficient (Wildman–Crippen LogP) is -0.143. The number of aliphatic carboxylic acids is 1. The highest BCUT2D eigenvalue weighted by molar-refractivity contribution is 5.71. The maximum atomic E-state index is 9.81. The first-order chi connectivity index (χ1) is 6.09. The van der Waals surface area contributed by atoms with E-state index in [0.29, 0.717) is 0 Å². The van der Waals surface area contributed by atoms with Gasteiger partial charge in [-0.2, -0.15) is 0 Å². The maximum Gasteiger partial charge on any atom is 0.332 e. The summed E-state index contributed by atoms with van der Waals surface area (Å²) in [5.41, 5.74) is 0. The fourth-order valence-corrected chi connectivity index (χ4v) is 0.324. The number of carboxylic acid groups (broad SMARTS) is 1. The summed E-state index contributed by atoms with van der Waals surface area (Å²) in [6, 6.07) is 0. The van der Waals surface area contributed by atoms with E-state index in [9.17, 15) is 4.79 Å². The van der Waals surface area contributed by atoms with Crippen LogP contribution in [0.15, 0.2) is 0 Å². The van der Waals surface area contributed by atoms with Crippen LogP contribution in [0.1, 0.15) is 19.8 Å². The molecule has 3 N–H and O–H groups in total. The van der Waals surface area contributed by atoms with E-state index in [2.05, 4.69) is 4.74 Å². The molecule has 0 heterocycles. The lowest BCUT2D eigenvalue weighted by molar-refractivity contribution is -0.147. The number of carboxylic acids is 1. The van der Waals surface area contributed by atoms with Gasteiger partial charge >= 0.3 is 5.97 Å². The number of ether oxygens (including phenoxy) is 1. The van der Waals surface area contributed by atoms with Crippen LogP contribution in [0.3, 0.4) is 0 Å². The summed E-state index contributed by atoms with van der Waals surface area (Å²) >= 11 is 0. The summed E-state index contributed by atoms with van der Waals surface area (Å²) < 4.78 is 4.41. The molecule has 0 saturated heterocycles. The number of aliphatic hydroxyl groups excluding tert-OH is 2. The number of unbranched alkanes of at least 4 members (excludes halogenated alkanes) is 1. The molecule has 0 spiro atoms. The lowest BCUT2D eigenvalue weighted by Gasteiger charge is -1.98. The van der Waals surface area contributed by atoms with Gasteiger partial charge in [-0.15, -0.1) is 0 Å². The molecule has 0 fully saturated rings. The number of carbonyl (C=O) groups is 1. The zero-order valence-corrected chi connectivity index (χ0v) is 8.06. The second kappa shape index (κ2) is 11.4. The van der Waals surface area contributed by atoms with Gasteiger partial charge in [0.2, 0.25) is 0 Å². The summed E-state index contributed by atoms with van der Waals surface area (Å²) in [5.74, 6) is -0.928. The minimum Gasteiger partial charge on any atom is -0.479 e. The Morgan fingerprint density at radius 1 is 1.31 bits per heavy atom. The molecule has 0 bridgehead atoms. The Hall–Kier alpha value is -0.650. The van der Waals surface area contributed by atoms with Gasteiger partial charge in [-0.25, -0.2) is 4.79 Å². The van der Waals surface area contributed by atoms with Gasteiger partial charge in [0.1, 0.15) is 0 Å². The highest BCUT2D eigenvalue weighted by Gasteiger charge is 2.06. The van der Waals surface area contributed by atoms with E-state index in [4.69, 9.17) is 15.3 Å². The second-order valence-corrected chi connectivity index (χ2v) is 2.37. The molecule has 0 saturated carbocycles. The van der Waals surface area contributed by atoms with E-state index in [1.165, 1.54) is 14.0 Å². The highest BCUT2D eigenvalue weighted by atomic mass is 16.5. The van der Waals surface area contributed by atoms with Gasteiger partial charge < -0.3 is 20.1 Å². The van der Waals surface area contributed by atoms with Crippen molar-refractivity contribution in [3.63, 3.8) is 0 Å². The smallest absolute Gasteiger partial charge is 0.332 e. The molecular formula is C8H18O5. The molecule has 5 heteroatoms. The largest absolute Gasteiger partial charge is 0.479 e. The van der Waals surface area contributed by atoms with E-state index >= 15 is 0 Å². The number of hydrogen-bond donors (Lipinski definition) is 3. The van der Waals surface area contributed by atoms with Crippen LogP contribution < -0.4 is 0 Å². The third kappa shape index (κ3) is 14.2. The van der Waals surface area contributed by atoms with Gasteiger partial charge in [-0.05, 0) is 19.8 Å². The van der Waals surface area contributed by atoms with Gasteiger partial charge in [-0.1, -0.05) is 0 Å². The third-order valence-electron chi connectivity index (χ3n) is 1.27. The summed E-state index contributed by atoms with van der Waals surface area (Å²) in [5, 5.41) is 24.2. The topological polar surface area (TPSA) is 87.0 Å². The molecule has 0 aromatic heterocycles. The molecule has 0 radical (unpaired) electrons. The standard InChI is InChI=1S/C4H8O3.C4H10O2/c1-3(7-2)4(5)6;5-3-1-2-4-6/h3H,1-2H3,(H,5,6);5-6H,1-4H2. The average Bonchev–Trinajstić information content (AvgIpc) is 2.14. The normalized spacial score (nSPS) is 11.4. The molecule has 0 rings (SSSR count). The van der Waals surface area contributed by atoms with Crippen molar-refractivity contribution in [2.45, 2.75) is 25.9 Å². The summed E-state index contributed by atoms with van der Waals surface area (Å²) in [7, 11) is 1.36. The van der Waals surface area contributed by atoms with Crippen molar-refractivity contribution in [3.05, 3.63) is 0 Å². The van der Waals surface area contributed by atoms with Gasteiger partial charge in [-0.3, -0.25) is 0 Å². The lowest BCUT2D eigenvalue weighted by atomic mass is 10.3. The second-order valence-electron chi connectivity index (χ2n) is 2.37. The molecule has 13 heavy (non-hydrogen) atoms. The van der Waals surface area contributed by atoms with Gasteiger partial charge in [0.05, 0.1) is 0 Å². The van der Waals surface area contributed by atoms with E-state index < -0.39 is 12.1 Å². The first kappa shape index (κ1) is 14.9. The molecule has 0 aliphatic rings. The number of hydrogen-bond acceptors (Lipinski definition) is 4. The van der Waals surface area contributed by atoms with Crippen LogP contribution in [0, 0.1) is 0 Å². The Morgan fingerprint density at radius 2 is 1.69 bits per heavy atom. The fourth-order valence-electron chi connectivity index (χ4n) is 0.324. The molecular weight excluding hydrogens is 176 g/mol. The quantitative estimate of drug-likeness (QED) is 0.530. The van der Waals surface area contributed by atoms with Crippen LogP contribution in [-0.4, -0.2) is 47.7 Å². The maximum absolute atomic E-state index is 9.81. The van der Waals surface area contributed by atoms with Crippen LogP contribution in [0.2, 0.25) is 0 Å². The predicted molar refractivity (Wildman–Crippen MR) is 47.5 cm³/mol. The molecule has 0 aliphatic heterocycles. The van der Waals surface area contributed by atoms with Crippen molar-refractivity contribution in [3.8, 4) is 0 Å².